The van der Waals surface area contributed by atoms with E-state index in [-0.39, 0.29) is 5.24 Å². The Morgan fingerprint density at radius 2 is 1.94 bits per heavy atom. The fourth-order valence-electron chi connectivity index (χ4n) is 2.09. The fourth-order valence-corrected chi connectivity index (χ4v) is 2.72. The zero-order valence-corrected chi connectivity index (χ0v) is 12.0. The van der Waals surface area contributed by atoms with Crippen LogP contribution in [0.4, 0.5) is 4.79 Å². The fraction of sp³-hybridized carbons (Fsp3) is 0.462. The lowest BCUT2D eigenvalue weighted by Gasteiger charge is -2.34. The van der Waals surface area contributed by atoms with Crippen molar-refractivity contribution < 1.29 is 4.79 Å². The Kier molecular flexibility index (Phi) is 4.92. The molecule has 5 heteroatoms. The van der Waals surface area contributed by atoms with Gasteiger partial charge in [-0.3, -0.25) is 9.69 Å². The van der Waals surface area contributed by atoms with E-state index in [1.807, 2.05) is 29.4 Å². The van der Waals surface area contributed by atoms with E-state index in [9.17, 15) is 4.79 Å². The van der Waals surface area contributed by atoms with E-state index in [0.29, 0.717) is 0 Å². The van der Waals surface area contributed by atoms with Crippen LogP contribution in [0.5, 0.6) is 0 Å². The third-order valence-electron chi connectivity index (χ3n) is 3.16. The van der Waals surface area contributed by atoms with Gasteiger partial charge in [-0.05, 0) is 17.9 Å². The van der Waals surface area contributed by atoms with E-state index < -0.39 is 0 Å². The number of carbonyl (C=O) groups excluding carboxylic acids is 1. The first-order valence-electron chi connectivity index (χ1n) is 5.99. The van der Waals surface area contributed by atoms with Crippen LogP contribution in [0.2, 0.25) is 5.02 Å². The summed E-state index contributed by atoms with van der Waals surface area (Å²) in [7, 11) is 0. The van der Waals surface area contributed by atoms with Gasteiger partial charge in [-0.1, -0.05) is 41.6 Å². The van der Waals surface area contributed by atoms with Crippen LogP contribution in [0.15, 0.2) is 24.3 Å². The Morgan fingerprint density at radius 3 is 2.56 bits per heavy atom. The van der Waals surface area contributed by atoms with E-state index >= 15 is 0 Å². The average Bonchev–Trinajstić information content (AvgIpc) is 2.41. The number of hydrogen-bond acceptors (Lipinski definition) is 3. The number of piperazine rings is 1. The van der Waals surface area contributed by atoms with Crippen molar-refractivity contribution >= 4 is 28.6 Å². The quantitative estimate of drug-likeness (QED) is 0.834. The molecule has 98 valence electrons. The van der Waals surface area contributed by atoms with Crippen LogP contribution >= 0.6 is 23.4 Å². The van der Waals surface area contributed by atoms with Gasteiger partial charge in [-0.25, -0.2) is 0 Å². The second kappa shape index (κ2) is 6.45. The smallest absolute Gasteiger partial charge is 0.281 e. The number of amides is 1. The molecule has 1 aromatic rings. The molecule has 0 unspecified atom stereocenters. The van der Waals surface area contributed by atoms with Crippen molar-refractivity contribution in [1.29, 1.82) is 0 Å². The standard InChI is InChI=1S/C13H17ClN2OS/c1-18-13(17)16-8-6-15(7-9-16)10-11-4-2-3-5-12(11)14/h2-5H,6-10H2,1H3. The van der Waals surface area contributed by atoms with Crippen molar-refractivity contribution in [2.45, 2.75) is 6.54 Å². The molecule has 0 spiro atoms. The summed E-state index contributed by atoms with van der Waals surface area (Å²) in [5, 5.41) is 0.993. The number of rotatable bonds is 2. The molecule has 0 radical (unpaired) electrons. The third-order valence-corrected chi connectivity index (χ3v) is 4.13. The monoisotopic (exact) mass is 284 g/mol. The SMILES string of the molecule is CSC(=O)N1CCN(Cc2ccccc2Cl)CC1. The molecule has 1 aliphatic rings. The number of thioether (sulfide) groups is 1. The second-order valence-electron chi connectivity index (χ2n) is 4.32. The molecule has 1 amide bonds. The van der Waals surface area contributed by atoms with Crippen molar-refractivity contribution in [1.82, 2.24) is 9.80 Å². The number of benzene rings is 1. The molecule has 2 rings (SSSR count). The molecule has 1 fully saturated rings. The van der Waals surface area contributed by atoms with Crippen LogP contribution in [0.1, 0.15) is 5.56 Å². The highest BCUT2D eigenvalue weighted by atomic mass is 35.5. The number of halogens is 1. The van der Waals surface area contributed by atoms with Crippen LogP contribution in [0, 0.1) is 0 Å². The summed E-state index contributed by atoms with van der Waals surface area (Å²) in [6, 6.07) is 7.93. The largest absolute Gasteiger partial charge is 0.331 e. The zero-order chi connectivity index (χ0) is 13.0. The maximum absolute atomic E-state index is 11.5. The maximum atomic E-state index is 11.5. The van der Waals surface area contributed by atoms with E-state index in [0.717, 1.165) is 43.3 Å². The van der Waals surface area contributed by atoms with Crippen molar-refractivity contribution in [3.63, 3.8) is 0 Å². The number of carbonyl (C=O) groups is 1. The highest BCUT2D eigenvalue weighted by Crippen LogP contribution is 2.18. The average molecular weight is 285 g/mol. The minimum absolute atomic E-state index is 0.174. The second-order valence-corrected chi connectivity index (χ2v) is 5.49. The Morgan fingerprint density at radius 1 is 1.28 bits per heavy atom. The topological polar surface area (TPSA) is 23.6 Å². The molecular weight excluding hydrogens is 268 g/mol. The van der Waals surface area contributed by atoms with Crippen molar-refractivity contribution in [3.8, 4) is 0 Å². The van der Waals surface area contributed by atoms with Gasteiger partial charge in [0.15, 0.2) is 0 Å². The predicted molar refractivity (Wildman–Crippen MR) is 77.2 cm³/mol. The lowest BCUT2D eigenvalue weighted by atomic mass is 10.2. The zero-order valence-electron chi connectivity index (χ0n) is 10.4. The number of hydrogen-bond donors (Lipinski definition) is 0. The van der Waals surface area contributed by atoms with Crippen molar-refractivity contribution in [2.24, 2.45) is 0 Å². The van der Waals surface area contributed by atoms with Gasteiger partial charge in [0.1, 0.15) is 0 Å². The Balaban J connectivity index is 1.87. The van der Waals surface area contributed by atoms with E-state index in [4.69, 9.17) is 11.6 Å². The molecule has 3 nitrogen and oxygen atoms in total. The Bertz CT molecular complexity index is 419. The first-order valence-corrected chi connectivity index (χ1v) is 7.59. The third kappa shape index (κ3) is 3.40. The summed E-state index contributed by atoms with van der Waals surface area (Å²) in [6.45, 7) is 4.31. The lowest BCUT2D eigenvalue weighted by molar-refractivity contribution is 0.149. The minimum atomic E-state index is 0.174. The molecule has 1 aliphatic heterocycles. The van der Waals surface area contributed by atoms with E-state index in [2.05, 4.69) is 11.0 Å². The van der Waals surface area contributed by atoms with E-state index in [1.165, 1.54) is 11.8 Å². The van der Waals surface area contributed by atoms with E-state index in [1.54, 1.807) is 0 Å². The van der Waals surface area contributed by atoms with Crippen LogP contribution in [0.3, 0.4) is 0 Å². The minimum Gasteiger partial charge on any atom is -0.331 e. The maximum Gasteiger partial charge on any atom is 0.281 e. The normalized spacial score (nSPS) is 16.9. The van der Waals surface area contributed by atoms with Crippen molar-refractivity contribution in [3.05, 3.63) is 34.9 Å². The van der Waals surface area contributed by atoms with Gasteiger partial charge in [-0.15, -0.1) is 0 Å². The predicted octanol–water partition coefficient (Wildman–Crippen LogP) is 2.94. The molecule has 0 saturated carbocycles. The number of nitrogens with zero attached hydrogens (tertiary/aromatic N) is 2. The summed E-state index contributed by atoms with van der Waals surface area (Å²) >= 11 is 7.44. The van der Waals surface area contributed by atoms with Crippen LogP contribution in [-0.4, -0.2) is 47.5 Å². The summed E-state index contributed by atoms with van der Waals surface area (Å²) in [4.78, 5) is 15.8. The molecule has 0 aromatic heterocycles. The van der Waals surface area contributed by atoms with Gasteiger partial charge in [0.25, 0.3) is 5.24 Å². The Labute approximate surface area is 117 Å². The van der Waals surface area contributed by atoms with Gasteiger partial charge in [0.2, 0.25) is 0 Å². The summed E-state index contributed by atoms with van der Waals surface area (Å²) in [5.74, 6) is 0. The molecule has 18 heavy (non-hydrogen) atoms. The molecule has 1 aromatic carbocycles. The molecular formula is C13H17ClN2OS. The lowest BCUT2D eigenvalue weighted by Crippen LogP contribution is -2.47. The van der Waals surface area contributed by atoms with Crippen molar-refractivity contribution in [2.75, 3.05) is 32.4 Å². The molecule has 0 N–H and O–H groups in total. The van der Waals surface area contributed by atoms with Gasteiger partial charge in [0.05, 0.1) is 0 Å². The van der Waals surface area contributed by atoms with Gasteiger partial charge < -0.3 is 4.90 Å². The highest BCUT2D eigenvalue weighted by molar-refractivity contribution is 8.12. The van der Waals surface area contributed by atoms with Gasteiger partial charge >= 0.3 is 0 Å². The van der Waals surface area contributed by atoms with Gasteiger partial charge in [0, 0.05) is 37.7 Å². The first-order chi connectivity index (χ1) is 8.70. The van der Waals surface area contributed by atoms with Crippen LogP contribution in [-0.2, 0) is 6.54 Å². The van der Waals surface area contributed by atoms with Gasteiger partial charge in [-0.2, -0.15) is 0 Å². The summed E-state index contributed by atoms with van der Waals surface area (Å²) in [6.07, 6.45) is 1.83. The molecule has 0 atom stereocenters. The first kappa shape index (κ1) is 13.7. The van der Waals surface area contributed by atoms with Crippen LogP contribution in [0.25, 0.3) is 0 Å². The summed E-state index contributed by atoms with van der Waals surface area (Å²) < 4.78 is 0. The highest BCUT2D eigenvalue weighted by Gasteiger charge is 2.20. The molecule has 1 saturated heterocycles. The molecule has 0 bridgehead atoms. The Hall–Kier alpha value is -0.710. The molecule has 1 heterocycles. The summed E-state index contributed by atoms with van der Waals surface area (Å²) in [5.41, 5.74) is 1.16. The molecule has 0 aliphatic carbocycles. The van der Waals surface area contributed by atoms with Crippen LogP contribution < -0.4 is 0 Å².